The summed E-state index contributed by atoms with van der Waals surface area (Å²) in [6, 6.07) is 15.2. The first-order chi connectivity index (χ1) is 20.2. The molecule has 4 rings (SSSR count). The lowest BCUT2D eigenvalue weighted by atomic mass is 10.1. The number of benzene rings is 2. The third-order valence-corrected chi connectivity index (χ3v) is 6.88. The van der Waals surface area contributed by atoms with Crippen molar-refractivity contribution in [1.29, 1.82) is 0 Å². The van der Waals surface area contributed by atoms with Gasteiger partial charge in [0, 0.05) is 32.7 Å². The largest absolute Gasteiger partial charge is 0.493 e. The molecule has 0 radical (unpaired) electrons. The predicted molar refractivity (Wildman–Crippen MR) is 157 cm³/mol. The third-order valence-electron chi connectivity index (χ3n) is 6.88. The summed E-state index contributed by atoms with van der Waals surface area (Å²) >= 11 is 0. The Morgan fingerprint density at radius 3 is 2.40 bits per heavy atom. The first kappa shape index (κ1) is 31.4. The monoisotopic (exact) mass is 584 g/mol. The van der Waals surface area contributed by atoms with Crippen LogP contribution in [0.4, 0.5) is 4.79 Å². The van der Waals surface area contributed by atoms with Crippen LogP contribution >= 0.6 is 0 Å². The highest BCUT2D eigenvalue weighted by Crippen LogP contribution is 2.33. The molecule has 42 heavy (non-hydrogen) atoms. The molecule has 1 saturated carbocycles. The number of carbonyl (C=O) groups is 2. The first-order valence-corrected chi connectivity index (χ1v) is 14.6. The van der Waals surface area contributed by atoms with Crippen molar-refractivity contribution in [1.82, 2.24) is 9.80 Å². The van der Waals surface area contributed by atoms with Gasteiger partial charge in [0.2, 0.25) is 0 Å². The highest BCUT2D eigenvalue weighted by atomic mass is 16.6. The molecule has 1 aliphatic carbocycles. The molecule has 2 aliphatic rings. The number of hydrogen-bond donors (Lipinski definition) is 0. The standard InChI is InChI=1S/C32H44N2O8/c1-32(2,3)42-31(36)33-20-26(22-40-25-10-7-6-8-11-25)41-29(21-33)30(35)34(24-13-14-24)19-23-12-15-27(38-5)28(18-23)39-17-9-16-37-4/h6-8,10-12,15,18,24,26,29H,9,13-14,16-17,19-22H2,1-5H3/t26-,29+/m0/s1. The van der Waals surface area contributed by atoms with Gasteiger partial charge in [-0.3, -0.25) is 4.79 Å². The average molecular weight is 585 g/mol. The van der Waals surface area contributed by atoms with Crippen LogP contribution < -0.4 is 14.2 Å². The summed E-state index contributed by atoms with van der Waals surface area (Å²) in [5.74, 6) is 1.79. The van der Waals surface area contributed by atoms with Gasteiger partial charge in [0.15, 0.2) is 17.6 Å². The molecular formula is C32H44N2O8. The van der Waals surface area contributed by atoms with E-state index in [1.165, 1.54) is 0 Å². The summed E-state index contributed by atoms with van der Waals surface area (Å²) in [6.45, 7) is 7.51. The fourth-order valence-corrected chi connectivity index (χ4v) is 4.72. The second-order valence-corrected chi connectivity index (χ2v) is 11.6. The number of para-hydroxylation sites is 1. The zero-order chi connectivity index (χ0) is 30.1. The molecular weight excluding hydrogens is 540 g/mol. The lowest BCUT2D eigenvalue weighted by Gasteiger charge is -2.39. The Bertz CT molecular complexity index is 1160. The molecule has 1 aliphatic heterocycles. The minimum absolute atomic E-state index is 0.106. The van der Waals surface area contributed by atoms with Gasteiger partial charge in [-0.05, 0) is 63.4 Å². The van der Waals surface area contributed by atoms with Crippen molar-refractivity contribution >= 4 is 12.0 Å². The Kier molecular flexibility index (Phi) is 10.9. The van der Waals surface area contributed by atoms with E-state index < -0.39 is 23.9 Å². The van der Waals surface area contributed by atoms with Crippen LogP contribution in [0, 0.1) is 0 Å². The number of rotatable bonds is 13. The molecule has 0 aromatic heterocycles. The molecule has 0 N–H and O–H groups in total. The Morgan fingerprint density at radius 1 is 0.976 bits per heavy atom. The SMILES string of the molecule is COCCCOc1cc(CN(C(=O)[C@H]2CN(C(=O)OC(C)(C)C)C[C@@H](COc3ccccc3)O2)C2CC2)ccc1OC. The van der Waals surface area contributed by atoms with Crippen LogP contribution in [0.25, 0.3) is 0 Å². The Labute approximate surface area is 248 Å². The number of ether oxygens (including phenoxy) is 6. The number of amides is 2. The van der Waals surface area contributed by atoms with E-state index in [0.717, 1.165) is 24.8 Å². The Balaban J connectivity index is 1.49. The fraction of sp³-hybridized carbons (Fsp3) is 0.562. The van der Waals surface area contributed by atoms with E-state index in [0.29, 0.717) is 37.0 Å². The van der Waals surface area contributed by atoms with Gasteiger partial charge >= 0.3 is 6.09 Å². The van der Waals surface area contributed by atoms with Crippen molar-refractivity contribution in [2.75, 3.05) is 47.1 Å². The number of nitrogens with zero attached hydrogens (tertiary/aromatic N) is 2. The van der Waals surface area contributed by atoms with Crippen molar-refractivity contribution in [3.05, 3.63) is 54.1 Å². The van der Waals surface area contributed by atoms with Gasteiger partial charge in [-0.15, -0.1) is 0 Å². The Morgan fingerprint density at radius 2 is 1.74 bits per heavy atom. The summed E-state index contributed by atoms with van der Waals surface area (Å²) in [5.41, 5.74) is 0.254. The quantitative estimate of drug-likeness (QED) is 0.313. The molecule has 2 amide bonds. The highest BCUT2D eigenvalue weighted by Gasteiger charge is 2.42. The summed E-state index contributed by atoms with van der Waals surface area (Å²) in [5, 5.41) is 0. The van der Waals surface area contributed by atoms with Crippen molar-refractivity contribution in [3.8, 4) is 17.2 Å². The zero-order valence-corrected chi connectivity index (χ0v) is 25.4. The van der Waals surface area contributed by atoms with Crippen LogP contribution in [0.1, 0.15) is 45.6 Å². The van der Waals surface area contributed by atoms with Crippen LogP contribution in [0.2, 0.25) is 0 Å². The molecule has 10 nitrogen and oxygen atoms in total. The number of morpholine rings is 1. The maximum Gasteiger partial charge on any atom is 0.410 e. The van der Waals surface area contributed by atoms with Gasteiger partial charge in [0.25, 0.3) is 5.91 Å². The summed E-state index contributed by atoms with van der Waals surface area (Å²) in [7, 11) is 3.26. The second-order valence-electron chi connectivity index (χ2n) is 11.6. The normalized spacial score (nSPS) is 18.7. The lowest BCUT2D eigenvalue weighted by Crippen LogP contribution is -2.57. The summed E-state index contributed by atoms with van der Waals surface area (Å²) in [6.07, 6.45) is 0.765. The molecule has 2 aromatic carbocycles. The maximum absolute atomic E-state index is 14.0. The van der Waals surface area contributed by atoms with Crippen molar-refractivity contribution in [3.63, 3.8) is 0 Å². The minimum Gasteiger partial charge on any atom is -0.493 e. The highest BCUT2D eigenvalue weighted by molar-refractivity contribution is 5.83. The van der Waals surface area contributed by atoms with E-state index in [9.17, 15) is 9.59 Å². The van der Waals surface area contributed by atoms with E-state index >= 15 is 0 Å². The van der Waals surface area contributed by atoms with Gasteiger partial charge in [-0.1, -0.05) is 24.3 Å². The van der Waals surface area contributed by atoms with E-state index in [1.807, 2.05) is 74.2 Å². The van der Waals surface area contributed by atoms with Crippen molar-refractivity contribution in [2.45, 2.75) is 70.4 Å². The van der Waals surface area contributed by atoms with Gasteiger partial charge < -0.3 is 38.2 Å². The first-order valence-electron chi connectivity index (χ1n) is 14.6. The van der Waals surface area contributed by atoms with Crippen LogP contribution in [0.5, 0.6) is 17.2 Å². The van der Waals surface area contributed by atoms with E-state index in [2.05, 4.69) is 0 Å². The van der Waals surface area contributed by atoms with E-state index in [-0.39, 0.29) is 31.6 Å². The van der Waals surface area contributed by atoms with Gasteiger partial charge in [-0.2, -0.15) is 0 Å². The molecule has 0 bridgehead atoms. The minimum atomic E-state index is -0.848. The molecule has 10 heteroatoms. The van der Waals surface area contributed by atoms with E-state index in [1.54, 1.807) is 19.1 Å². The summed E-state index contributed by atoms with van der Waals surface area (Å²) < 4.78 is 34.4. The fourth-order valence-electron chi connectivity index (χ4n) is 4.72. The van der Waals surface area contributed by atoms with Crippen molar-refractivity contribution < 1.29 is 38.0 Å². The summed E-state index contributed by atoms with van der Waals surface area (Å²) in [4.78, 5) is 30.5. The number of hydrogen-bond acceptors (Lipinski definition) is 8. The number of carbonyl (C=O) groups excluding carboxylic acids is 2. The van der Waals surface area contributed by atoms with Crippen molar-refractivity contribution in [2.24, 2.45) is 0 Å². The molecule has 2 atom stereocenters. The average Bonchev–Trinajstić information content (AvgIpc) is 3.82. The molecule has 0 spiro atoms. The van der Waals surface area contributed by atoms with Crippen LogP contribution in [0.3, 0.4) is 0 Å². The molecule has 2 aromatic rings. The smallest absolute Gasteiger partial charge is 0.410 e. The van der Waals surface area contributed by atoms with Gasteiger partial charge in [0.1, 0.15) is 24.1 Å². The number of methoxy groups -OCH3 is 2. The topological polar surface area (TPSA) is 96.0 Å². The van der Waals surface area contributed by atoms with E-state index in [4.69, 9.17) is 28.4 Å². The van der Waals surface area contributed by atoms with Gasteiger partial charge in [-0.25, -0.2) is 4.79 Å². The molecule has 1 heterocycles. The lowest BCUT2D eigenvalue weighted by molar-refractivity contribution is -0.160. The molecule has 2 fully saturated rings. The Hall–Kier alpha value is -3.50. The molecule has 0 unspecified atom stereocenters. The van der Waals surface area contributed by atoms with Gasteiger partial charge in [0.05, 0.1) is 26.8 Å². The van der Waals surface area contributed by atoms with Crippen LogP contribution in [-0.4, -0.2) is 92.8 Å². The third kappa shape index (κ3) is 9.25. The second kappa shape index (κ2) is 14.6. The predicted octanol–water partition coefficient (Wildman–Crippen LogP) is 4.69. The zero-order valence-electron chi connectivity index (χ0n) is 25.4. The molecule has 1 saturated heterocycles. The van der Waals surface area contributed by atoms with Crippen LogP contribution in [0.15, 0.2) is 48.5 Å². The molecule has 230 valence electrons. The van der Waals surface area contributed by atoms with Crippen LogP contribution in [-0.2, 0) is 25.5 Å². The maximum atomic E-state index is 14.0.